The van der Waals surface area contributed by atoms with Crippen molar-refractivity contribution < 1.29 is 14.7 Å². The van der Waals surface area contributed by atoms with Crippen LogP contribution in [0.15, 0.2) is 12.1 Å². The molecule has 4 heteroatoms. The predicted octanol–water partition coefficient (Wildman–Crippen LogP) is 2.22. The number of rotatable bonds is 3. The second-order valence-corrected chi connectivity index (χ2v) is 4.68. The molecular formula is C14H19NO3. The average Bonchev–Trinajstić information content (AvgIpc) is 2.21. The summed E-state index contributed by atoms with van der Waals surface area (Å²) in [6, 6.07) is 2.95. The summed E-state index contributed by atoms with van der Waals surface area (Å²) in [5, 5.41) is 9.37. The normalized spacial score (nSPS) is 12.1. The van der Waals surface area contributed by atoms with E-state index < -0.39 is 12.0 Å². The zero-order valence-electron chi connectivity index (χ0n) is 11.4. The summed E-state index contributed by atoms with van der Waals surface area (Å²) in [7, 11) is 1.51. The summed E-state index contributed by atoms with van der Waals surface area (Å²) in [6.45, 7) is 7.08. The number of hydrogen-bond acceptors (Lipinski definition) is 2. The van der Waals surface area contributed by atoms with Gasteiger partial charge in [0.15, 0.2) is 6.04 Å². The van der Waals surface area contributed by atoms with Gasteiger partial charge in [-0.3, -0.25) is 4.79 Å². The minimum absolute atomic E-state index is 0.262. The van der Waals surface area contributed by atoms with Gasteiger partial charge in [0, 0.05) is 14.0 Å². The number of nitrogens with zero attached hydrogens (tertiary/aromatic N) is 1. The molecule has 1 unspecified atom stereocenters. The lowest BCUT2D eigenvalue weighted by molar-refractivity contribution is -0.148. The van der Waals surface area contributed by atoms with E-state index in [0.29, 0.717) is 5.56 Å². The SMILES string of the molecule is CC(=O)N(C)C(C(=O)O)c1c(C)cc(C)cc1C. The highest BCUT2D eigenvalue weighted by Gasteiger charge is 2.29. The van der Waals surface area contributed by atoms with Crippen molar-refractivity contribution in [2.45, 2.75) is 33.7 Å². The fourth-order valence-corrected chi connectivity index (χ4v) is 2.29. The van der Waals surface area contributed by atoms with E-state index in [-0.39, 0.29) is 5.91 Å². The molecule has 1 N–H and O–H groups in total. The molecule has 1 aromatic carbocycles. The number of aryl methyl sites for hydroxylation is 3. The largest absolute Gasteiger partial charge is 0.479 e. The Labute approximate surface area is 107 Å². The third-order valence-electron chi connectivity index (χ3n) is 3.13. The third-order valence-corrected chi connectivity index (χ3v) is 3.13. The van der Waals surface area contributed by atoms with E-state index in [2.05, 4.69) is 0 Å². The Morgan fingerprint density at radius 1 is 1.17 bits per heavy atom. The van der Waals surface area contributed by atoms with E-state index in [0.717, 1.165) is 16.7 Å². The van der Waals surface area contributed by atoms with Crippen LogP contribution < -0.4 is 0 Å². The van der Waals surface area contributed by atoms with Crippen LogP contribution in [0.25, 0.3) is 0 Å². The van der Waals surface area contributed by atoms with E-state index >= 15 is 0 Å². The molecule has 1 amide bonds. The average molecular weight is 249 g/mol. The van der Waals surface area contributed by atoms with E-state index in [1.807, 2.05) is 32.9 Å². The number of amides is 1. The van der Waals surface area contributed by atoms with E-state index in [1.165, 1.54) is 18.9 Å². The van der Waals surface area contributed by atoms with E-state index in [9.17, 15) is 14.7 Å². The summed E-state index contributed by atoms with van der Waals surface area (Å²) in [5.74, 6) is -1.27. The molecular weight excluding hydrogens is 230 g/mol. The summed E-state index contributed by atoms with van der Waals surface area (Å²) in [6.07, 6.45) is 0. The zero-order chi connectivity index (χ0) is 14.0. The first-order chi connectivity index (χ1) is 8.25. The number of carboxylic acid groups (broad SMARTS) is 1. The molecule has 0 bridgehead atoms. The van der Waals surface area contributed by atoms with Crippen LogP contribution in [0.5, 0.6) is 0 Å². The van der Waals surface area contributed by atoms with Gasteiger partial charge in [-0.1, -0.05) is 17.7 Å². The van der Waals surface area contributed by atoms with Crippen molar-refractivity contribution in [1.29, 1.82) is 0 Å². The first-order valence-corrected chi connectivity index (χ1v) is 5.79. The Balaban J connectivity index is 3.40. The lowest BCUT2D eigenvalue weighted by Crippen LogP contribution is -2.35. The van der Waals surface area contributed by atoms with Crippen LogP contribution >= 0.6 is 0 Å². The molecule has 0 fully saturated rings. The summed E-state index contributed by atoms with van der Waals surface area (Å²) < 4.78 is 0. The van der Waals surface area contributed by atoms with Crippen LogP contribution in [0.4, 0.5) is 0 Å². The summed E-state index contributed by atoms with van der Waals surface area (Å²) in [4.78, 5) is 24.1. The van der Waals surface area contributed by atoms with Crippen LogP contribution in [-0.4, -0.2) is 28.9 Å². The number of benzene rings is 1. The fraction of sp³-hybridized carbons (Fsp3) is 0.429. The molecule has 4 nitrogen and oxygen atoms in total. The molecule has 0 aliphatic carbocycles. The van der Waals surface area contributed by atoms with Gasteiger partial charge in [-0.05, 0) is 37.5 Å². The number of hydrogen-bond donors (Lipinski definition) is 1. The zero-order valence-corrected chi connectivity index (χ0v) is 11.4. The molecule has 0 radical (unpaired) electrons. The predicted molar refractivity (Wildman–Crippen MR) is 69.5 cm³/mol. The summed E-state index contributed by atoms with van der Waals surface area (Å²) >= 11 is 0. The van der Waals surface area contributed by atoms with Crippen molar-refractivity contribution >= 4 is 11.9 Å². The topological polar surface area (TPSA) is 57.6 Å². The van der Waals surface area contributed by atoms with E-state index in [1.54, 1.807) is 0 Å². The molecule has 0 spiro atoms. The highest BCUT2D eigenvalue weighted by molar-refractivity contribution is 5.84. The Morgan fingerprint density at radius 2 is 1.61 bits per heavy atom. The summed E-state index contributed by atoms with van der Waals surface area (Å²) in [5.41, 5.74) is 3.58. The number of carboxylic acids is 1. The maximum Gasteiger partial charge on any atom is 0.331 e. The number of carbonyl (C=O) groups excluding carboxylic acids is 1. The minimum Gasteiger partial charge on any atom is -0.479 e. The van der Waals surface area contributed by atoms with Gasteiger partial charge >= 0.3 is 5.97 Å². The fourth-order valence-electron chi connectivity index (χ4n) is 2.29. The first kappa shape index (κ1) is 14.2. The number of aliphatic carboxylic acids is 1. The highest BCUT2D eigenvalue weighted by atomic mass is 16.4. The smallest absolute Gasteiger partial charge is 0.331 e. The molecule has 0 saturated heterocycles. The molecule has 0 saturated carbocycles. The van der Waals surface area contributed by atoms with Gasteiger partial charge in [-0.2, -0.15) is 0 Å². The monoisotopic (exact) mass is 249 g/mol. The highest BCUT2D eigenvalue weighted by Crippen LogP contribution is 2.27. The van der Waals surface area contributed by atoms with Gasteiger partial charge in [-0.25, -0.2) is 4.79 Å². The van der Waals surface area contributed by atoms with Crippen LogP contribution in [0.1, 0.15) is 35.2 Å². The third kappa shape index (κ3) is 2.70. The van der Waals surface area contributed by atoms with Crippen molar-refractivity contribution in [1.82, 2.24) is 4.90 Å². The van der Waals surface area contributed by atoms with Gasteiger partial charge in [0.1, 0.15) is 0 Å². The standard InChI is InChI=1S/C14H19NO3/c1-8-6-9(2)12(10(3)7-8)13(14(17)18)15(5)11(4)16/h6-7,13H,1-5H3,(H,17,18). The second-order valence-electron chi connectivity index (χ2n) is 4.68. The Morgan fingerprint density at radius 3 is 1.94 bits per heavy atom. The Bertz CT molecular complexity index is 471. The molecule has 1 atom stereocenters. The first-order valence-electron chi connectivity index (χ1n) is 5.79. The Kier molecular flexibility index (Phi) is 4.11. The molecule has 1 rings (SSSR count). The lowest BCUT2D eigenvalue weighted by Gasteiger charge is -2.27. The maximum absolute atomic E-state index is 11.4. The van der Waals surface area contributed by atoms with Crippen molar-refractivity contribution in [2.24, 2.45) is 0 Å². The molecule has 0 aromatic heterocycles. The molecule has 18 heavy (non-hydrogen) atoms. The minimum atomic E-state index is -1.01. The van der Waals surface area contributed by atoms with Gasteiger partial charge in [-0.15, -0.1) is 0 Å². The van der Waals surface area contributed by atoms with Crippen molar-refractivity contribution in [3.05, 3.63) is 34.4 Å². The van der Waals surface area contributed by atoms with Crippen LogP contribution in [-0.2, 0) is 9.59 Å². The molecule has 0 aliphatic heterocycles. The van der Waals surface area contributed by atoms with Crippen molar-refractivity contribution in [2.75, 3.05) is 7.05 Å². The molecule has 1 aromatic rings. The van der Waals surface area contributed by atoms with Crippen molar-refractivity contribution in [3.63, 3.8) is 0 Å². The van der Waals surface area contributed by atoms with Gasteiger partial charge in [0.05, 0.1) is 0 Å². The Hall–Kier alpha value is -1.84. The van der Waals surface area contributed by atoms with Gasteiger partial charge in [0.2, 0.25) is 5.91 Å². The number of carbonyl (C=O) groups is 2. The maximum atomic E-state index is 11.4. The van der Waals surface area contributed by atoms with Gasteiger partial charge in [0.25, 0.3) is 0 Å². The quantitative estimate of drug-likeness (QED) is 0.893. The number of likely N-dealkylation sites (N-methyl/N-ethyl adjacent to an activating group) is 1. The van der Waals surface area contributed by atoms with Crippen LogP contribution in [0.3, 0.4) is 0 Å². The molecule has 98 valence electrons. The van der Waals surface area contributed by atoms with Crippen LogP contribution in [0.2, 0.25) is 0 Å². The lowest BCUT2D eigenvalue weighted by atomic mass is 9.93. The molecule has 0 aliphatic rings. The van der Waals surface area contributed by atoms with Crippen LogP contribution in [0, 0.1) is 20.8 Å². The second kappa shape index (κ2) is 5.21. The van der Waals surface area contributed by atoms with Crippen molar-refractivity contribution in [3.8, 4) is 0 Å². The van der Waals surface area contributed by atoms with Gasteiger partial charge < -0.3 is 10.0 Å². The van der Waals surface area contributed by atoms with E-state index in [4.69, 9.17) is 0 Å². The molecule has 0 heterocycles.